The molecule has 0 aliphatic carbocycles. The molecule has 116 valence electrons. The fourth-order valence-electron chi connectivity index (χ4n) is 2.58. The average molecular weight is 315 g/mol. The van der Waals surface area contributed by atoms with Gasteiger partial charge in [-0.25, -0.2) is 9.10 Å². The van der Waals surface area contributed by atoms with Crippen LogP contribution in [0.25, 0.3) is 10.8 Å². The van der Waals surface area contributed by atoms with E-state index in [0.717, 1.165) is 10.9 Å². The van der Waals surface area contributed by atoms with E-state index in [0.29, 0.717) is 12.2 Å². The number of thiol groups is 1. The minimum absolute atomic E-state index is 0.253. The monoisotopic (exact) mass is 315 g/mol. The molecule has 0 amide bonds. The van der Waals surface area contributed by atoms with Crippen LogP contribution in [-0.4, -0.2) is 23.9 Å². The SMILES string of the molecule is C/C=C(/C(=O)OCC)C(c1ccc2ccccc2c1)N(C)S. The largest absolute Gasteiger partial charge is 0.463 e. The second-order valence-corrected chi connectivity index (χ2v) is 5.68. The summed E-state index contributed by atoms with van der Waals surface area (Å²) >= 11 is 4.44. The van der Waals surface area contributed by atoms with E-state index in [9.17, 15) is 4.79 Å². The number of carbonyl (C=O) groups excluding carboxylic acids is 1. The molecule has 1 unspecified atom stereocenters. The number of carbonyl (C=O) groups is 1. The molecule has 2 aromatic carbocycles. The molecule has 0 spiro atoms. The Kier molecular flexibility index (Phi) is 5.63. The van der Waals surface area contributed by atoms with Crippen molar-refractivity contribution < 1.29 is 9.53 Å². The molecule has 4 heteroatoms. The number of allylic oxidation sites excluding steroid dienone is 1. The summed E-state index contributed by atoms with van der Waals surface area (Å²) in [5.74, 6) is -0.302. The van der Waals surface area contributed by atoms with Gasteiger partial charge in [-0.05, 0) is 43.3 Å². The van der Waals surface area contributed by atoms with Gasteiger partial charge in [-0.2, -0.15) is 0 Å². The summed E-state index contributed by atoms with van der Waals surface area (Å²) in [5, 5.41) is 2.31. The molecule has 1 atom stereocenters. The van der Waals surface area contributed by atoms with Gasteiger partial charge in [-0.3, -0.25) is 0 Å². The second-order valence-electron chi connectivity index (χ2n) is 5.05. The first kappa shape index (κ1) is 16.6. The van der Waals surface area contributed by atoms with Gasteiger partial charge in [0.2, 0.25) is 0 Å². The van der Waals surface area contributed by atoms with Crippen LogP contribution >= 0.6 is 12.8 Å². The van der Waals surface area contributed by atoms with Crippen molar-refractivity contribution in [1.82, 2.24) is 4.31 Å². The topological polar surface area (TPSA) is 29.5 Å². The molecule has 0 heterocycles. The summed E-state index contributed by atoms with van der Waals surface area (Å²) in [6.45, 7) is 4.01. The first-order valence-corrected chi connectivity index (χ1v) is 7.72. The predicted molar refractivity (Wildman–Crippen MR) is 93.8 cm³/mol. The third-order valence-electron chi connectivity index (χ3n) is 3.58. The smallest absolute Gasteiger partial charge is 0.335 e. The first-order valence-electron chi connectivity index (χ1n) is 7.32. The Bertz CT molecular complexity index is 694. The van der Waals surface area contributed by atoms with Crippen LogP contribution in [0.4, 0.5) is 0 Å². The lowest BCUT2D eigenvalue weighted by Crippen LogP contribution is -2.23. The van der Waals surface area contributed by atoms with Crippen molar-refractivity contribution in [2.45, 2.75) is 19.9 Å². The maximum Gasteiger partial charge on any atom is 0.335 e. The van der Waals surface area contributed by atoms with Crippen LogP contribution in [0.5, 0.6) is 0 Å². The maximum absolute atomic E-state index is 12.2. The van der Waals surface area contributed by atoms with Crippen molar-refractivity contribution in [3.63, 3.8) is 0 Å². The Morgan fingerprint density at radius 2 is 1.95 bits per heavy atom. The number of likely N-dealkylation sites (N-methyl/N-ethyl adjacent to an activating group) is 1. The molecule has 0 saturated heterocycles. The molecule has 0 N–H and O–H groups in total. The van der Waals surface area contributed by atoms with Crippen molar-refractivity contribution in [1.29, 1.82) is 0 Å². The van der Waals surface area contributed by atoms with Crippen LogP contribution in [0.1, 0.15) is 25.5 Å². The number of hydrogen-bond acceptors (Lipinski definition) is 4. The summed E-state index contributed by atoms with van der Waals surface area (Å²) in [6.07, 6.45) is 1.80. The van der Waals surface area contributed by atoms with E-state index < -0.39 is 0 Å². The van der Waals surface area contributed by atoms with Crippen molar-refractivity contribution in [3.8, 4) is 0 Å². The van der Waals surface area contributed by atoms with Gasteiger partial charge in [0.05, 0.1) is 18.2 Å². The summed E-state index contributed by atoms with van der Waals surface area (Å²) in [5.41, 5.74) is 1.60. The third-order valence-corrected chi connectivity index (χ3v) is 3.81. The van der Waals surface area contributed by atoms with Gasteiger partial charge >= 0.3 is 5.97 Å². The number of nitrogens with zero attached hydrogens (tertiary/aromatic N) is 1. The highest BCUT2D eigenvalue weighted by atomic mass is 32.1. The number of fused-ring (bicyclic) bond motifs is 1. The Morgan fingerprint density at radius 1 is 1.27 bits per heavy atom. The highest BCUT2D eigenvalue weighted by molar-refractivity contribution is 7.77. The van der Waals surface area contributed by atoms with Crippen LogP contribution in [0.2, 0.25) is 0 Å². The predicted octanol–water partition coefficient (Wildman–Crippen LogP) is 4.17. The Hall–Kier alpha value is -1.78. The number of rotatable bonds is 5. The molecule has 2 rings (SSSR count). The van der Waals surface area contributed by atoms with Crippen LogP contribution in [0, 0.1) is 0 Å². The van der Waals surface area contributed by atoms with E-state index in [1.807, 2.05) is 32.2 Å². The molecule has 2 aromatic rings. The van der Waals surface area contributed by atoms with Gasteiger partial charge < -0.3 is 4.74 Å². The molecule has 0 fully saturated rings. The van der Waals surface area contributed by atoms with Crippen molar-refractivity contribution in [3.05, 3.63) is 59.7 Å². The van der Waals surface area contributed by atoms with Crippen LogP contribution in [-0.2, 0) is 9.53 Å². The molecule has 0 aliphatic rings. The average Bonchev–Trinajstić information content (AvgIpc) is 2.51. The molecule has 3 nitrogen and oxygen atoms in total. The molecule has 0 saturated carbocycles. The zero-order valence-electron chi connectivity index (χ0n) is 13.1. The molecular weight excluding hydrogens is 294 g/mol. The molecule has 0 bridgehead atoms. The quantitative estimate of drug-likeness (QED) is 0.510. The normalized spacial score (nSPS) is 13.4. The van der Waals surface area contributed by atoms with Gasteiger partial charge in [0.25, 0.3) is 0 Å². The van der Waals surface area contributed by atoms with Gasteiger partial charge in [0.15, 0.2) is 0 Å². The second kappa shape index (κ2) is 7.47. The molecule has 22 heavy (non-hydrogen) atoms. The van der Waals surface area contributed by atoms with Gasteiger partial charge in [-0.1, -0.05) is 55.3 Å². The zero-order valence-corrected chi connectivity index (χ0v) is 14.0. The Balaban J connectivity index is 2.47. The number of benzene rings is 2. The minimum atomic E-state index is -0.302. The Morgan fingerprint density at radius 3 is 2.55 bits per heavy atom. The highest BCUT2D eigenvalue weighted by Crippen LogP contribution is 2.31. The van der Waals surface area contributed by atoms with E-state index in [-0.39, 0.29) is 12.0 Å². The van der Waals surface area contributed by atoms with Crippen LogP contribution in [0.15, 0.2) is 54.1 Å². The number of hydrogen-bond donors (Lipinski definition) is 1. The van der Waals surface area contributed by atoms with E-state index in [1.165, 1.54) is 5.39 Å². The van der Waals surface area contributed by atoms with Gasteiger partial charge in [0.1, 0.15) is 0 Å². The van der Waals surface area contributed by atoms with E-state index in [4.69, 9.17) is 4.74 Å². The third kappa shape index (κ3) is 3.51. The molecule has 0 radical (unpaired) electrons. The lowest BCUT2D eigenvalue weighted by atomic mass is 9.96. The van der Waals surface area contributed by atoms with Gasteiger partial charge in [-0.15, -0.1) is 0 Å². The molecule has 0 aromatic heterocycles. The van der Waals surface area contributed by atoms with E-state index in [2.05, 4.69) is 37.1 Å². The fourth-order valence-corrected chi connectivity index (χ4v) is 2.83. The Labute approximate surface area is 137 Å². The fraction of sp³-hybridized carbons (Fsp3) is 0.278. The summed E-state index contributed by atoms with van der Waals surface area (Å²) in [6, 6.07) is 14.1. The maximum atomic E-state index is 12.2. The summed E-state index contributed by atoms with van der Waals surface area (Å²) in [7, 11) is 1.84. The molecule has 0 aliphatic heterocycles. The molecular formula is C18H21NO2S. The van der Waals surface area contributed by atoms with Crippen molar-refractivity contribution in [2.24, 2.45) is 0 Å². The summed E-state index contributed by atoms with van der Waals surface area (Å²) in [4.78, 5) is 12.2. The highest BCUT2D eigenvalue weighted by Gasteiger charge is 2.25. The van der Waals surface area contributed by atoms with Crippen molar-refractivity contribution >= 4 is 29.6 Å². The number of esters is 1. The van der Waals surface area contributed by atoms with Crippen LogP contribution < -0.4 is 0 Å². The standard InChI is InChI=1S/C18H21NO2S/c1-4-16(18(20)21-5-2)17(19(3)22)15-11-10-13-8-6-7-9-14(13)12-15/h4,6-12,17,22H,5H2,1-3H3/b16-4+. The van der Waals surface area contributed by atoms with Crippen LogP contribution in [0.3, 0.4) is 0 Å². The lowest BCUT2D eigenvalue weighted by molar-refractivity contribution is -0.139. The number of ether oxygens (including phenoxy) is 1. The van der Waals surface area contributed by atoms with Crippen molar-refractivity contribution in [2.75, 3.05) is 13.7 Å². The lowest BCUT2D eigenvalue weighted by Gasteiger charge is -2.25. The first-order chi connectivity index (χ1) is 10.6. The zero-order chi connectivity index (χ0) is 16.1. The minimum Gasteiger partial charge on any atom is -0.463 e. The van der Waals surface area contributed by atoms with E-state index in [1.54, 1.807) is 17.3 Å². The summed E-state index contributed by atoms with van der Waals surface area (Å²) < 4.78 is 6.90. The van der Waals surface area contributed by atoms with Gasteiger partial charge in [0, 0.05) is 0 Å². The van der Waals surface area contributed by atoms with E-state index >= 15 is 0 Å².